The first-order valence-corrected chi connectivity index (χ1v) is 11.4. The Kier molecular flexibility index (Phi) is 5.04. The Labute approximate surface area is 190 Å². The highest BCUT2D eigenvalue weighted by atomic mass is 32.2. The van der Waals surface area contributed by atoms with Crippen molar-refractivity contribution in [1.29, 1.82) is 0 Å². The highest BCUT2D eigenvalue weighted by Crippen LogP contribution is 2.36. The molecule has 1 aliphatic heterocycles. The summed E-state index contributed by atoms with van der Waals surface area (Å²) in [4.78, 5) is 17.5. The fourth-order valence-electron chi connectivity index (χ4n) is 3.79. The van der Waals surface area contributed by atoms with Crippen LogP contribution < -0.4 is 10.1 Å². The largest absolute Gasteiger partial charge is 0.439 e. The standard InChI is InChI=1S/C22H15F3N4O4S/c23-22(24,25)17-5-1-13(2-6-17)14-3-7-18-15(11-14)9-10-29(18)34(31,32)19-8-4-16(12-26-19)20-27-21(30)33-28-20/h1-8,11-12H,9-10H2,(H,27,28,30). The summed E-state index contributed by atoms with van der Waals surface area (Å²) in [6.45, 7) is 0.203. The lowest BCUT2D eigenvalue weighted by Gasteiger charge is -2.19. The first kappa shape index (κ1) is 21.9. The predicted molar refractivity (Wildman–Crippen MR) is 115 cm³/mol. The molecular weight excluding hydrogens is 473 g/mol. The van der Waals surface area contributed by atoms with E-state index >= 15 is 0 Å². The van der Waals surface area contributed by atoms with Crippen molar-refractivity contribution in [2.45, 2.75) is 17.6 Å². The van der Waals surface area contributed by atoms with Crippen LogP contribution in [0.5, 0.6) is 0 Å². The topological polar surface area (TPSA) is 109 Å². The Hall–Kier alpha value is -3.93. The zero-order valence-electron chi connectivity index (χ0n) is 17.2. The Morgan fingerprint density at radius 3 is 2.29 bits per heavy atom. The summed E-state index contributed by atoms with van der Waals surface area (Å²) >= 11 is 0. The van der Waals surface area contributed by atoms with Gasteiger partial charge >= 0.3 is 11.9 Å². The summed E-state index contributed by atoms with van der Waals surface area (Å²) < 4.78 is 70.5. The number of pyridine rings is 1. The third kappa shape index (κ3) is 3.85. The van der Waals surface area contributed by atoms with E-state index in [-0.39, 0.29) is 17.4 Å². The molecule has 0 unspecified atom stereocenters. The number of aromatic nitrogens is 3. The van der Waals surface area contributed by atoms with Crippen molar-refractivity contribution in [2.24, 2.45) is 0 Å². The van der Waals surface area contributed by atoms with Crippen LogP contribution in [-0.2, 0) is 22.6 Å². The highest BCUT2D eigenvalue weighted by molar-refractivity contribution is 7.92. The number of H-pyrrole nitrogens is 1. The van der Waals surface area contributed by atoms with Gasteiger partial charge in [-0.15, -0.1) is 0 Å². The van der Waals surface area contributed by atoms with E-state index in [0.29, 0.717) is 28.8 Å². The molecule has 1 N–H and O–H groups in total. The first-order valence-electron chi connectivity index (χ1n) is 9.99. The molecule has 2 aromatic carbocycles. The number of fused-ring (bicyclic) bond motifs is 1. The molecule has 0 saturated heterocycles. The summed E-state index contributed by atoms with van der Waals surface area (Å²) in [5.74, 6) is -0.611. The van der Waals surface area contributed by atoms with Gasteiger partial charge in [-0.25, -0.2) is 9.78 Å². The fraction of sp³-hybridized carbons (Fsp3) is 0.136. The van der Waals surface area contributed by atoms with Gasteiger partial charge in [0.15, 0.2) is 10.9 Å². The molecule has 34 heavy (non-hydrogen) atoms. The predicted octanol–water partition coefficient (Wildman–Crippen LogP) is 3.86. The molecule has 0 radical (unpaired) electrons. The van der Waals surface area contributed by atoms with Crippen LogP contribution >= 0.6 is 0 Å². The van der Waals surface area contributed by atoms with Gasteiger partial charge in [-0.3, -0.25) is 13.8 Å². The molecule has 12 heteroatoms. The van der Waals surface area contributed by atoms with Gasteiger partial charge in [0.05, 0.1) is 11.3 Å². The number of hydrogen-bond donors (Lipinski definition) is 1. The molecule has 1 aliphatic rings. The lowest BCUT2D eigenvalue weighted by Crippen LogP contribution is -2.29. The van der Waals surface area contributed by atoms with Crippen molar-refractivity contribution < 1.29 is 26.1 Å². The SMILES string of the molecule is O=c1[nH]c(-c2ccc(S(=O)(=O)N3CCc4cc(-c5ccc(C(F)(F)F)cc5)ccc43)nc2)no1. The van der Waals surface area contributed by atoms with Gasteiger partial charge in [0.1, 0.15) is 0 Å². The molecule has 0 atom stereocenters. The number of nitrogens with one attached hydrogen (secondary N) is 1. The monoisotopic (exact) mass is 488 g/mol. The quantitative estimate of drug-likeness (QED) is 0.467. The molecule has 5 rings (SSSR count). The van der Waals surface area contributed by atoms with Crippen LogP contribution in [0.15, 0.2) is 75.1 Å². The third-order valence-corrected chi connectivity index (χ3v) is 7.21. The fourth-order valence-corrected chi connectivity index (χ4v) is 5.21. The van der Waals surface area contributed by atoms with Gasteiger partial charge in [-0.1, -0.05) is 23.4 Å². The summed E-state index contributed by atoms with van der Waals surface area (Å²) in [5, 5.41) is 3.36. The van der Waals surface area contributed by atoms with Crippen LogP contribution in [-0.4, -0.2) is 30.1 Å². The van der Waals surface area contributed by atoms with Crippen molar-refractivity contribution in [1.82, 2.24) is 15.1 Å². The summed E-state index contributed by atoms with van der Waals surface area (Å²) in [6.07, 6.45) is -2.70. The van der Waals surface area contributed by atoms with Crippen LogP contribution in [0.2, 0.25) is 0 Å². The van der Waals surface area contributed by atoms with Crippen LogP contribution in [0.3, 0.4) is 0 Å². The minimum Gasteiger partial charge on any atom is -0.296 e. The van der Waals surface area contributed by atoms with Gasteiger partial charge < -0.3 is 0 Å². The maximum Gasteiger partial charge on any atom is 0.439 e. The molecule has 3 heterocycles. The average molecular weight is 488 g/mol. The number of sulfonamides is 1. The number of benzene rings is 2. The Bertz CT molecular complexity index is 1530. The van der Waals surface area contributed by atoms with Crippen molar-refractivity contribution in [2.75, 3.05) is 10.8 Å². The number of halogens is 3. The van der Waals surface area contributed by atoms with E-state index in [1.54, 1.807) is 18.2 Å². The number of rotatable bonds is 4. The number of anilines is 1. The van der Waals surface area contributed by atoms with Crippen LogP contribution in [0, 0.1) is 0 Å². The lowest BCUT2D eigenvalue weighted by molar-refractivity contribution is -0.137. The van der Waals surface area contributed by atoms with E-state index in [1.165, 1.54) is 34.8 Å². The summed E-state index contributed by atoms with van der Waals surface area (Å²) in [7, 11) is -3.96. The summed E-state index contributed by atoms with van der Waals surface area (Å²) in [6, 6.07) is 12.7. The number of aromatic amines is 1. The number of alkyl halides is 3. The Morgan fingerprint density at radius 2 is 1.68 bits per heavy atom. The van der Waals surface area contributed by atoms with Gasteiger partial charge in [0.25, 0.3) is 10.0 Å². The smallest absolute Gasteiger partial charge is 0.296 e. The van der Waals surface area contributed by atoms with Crippen LogP contribution in [0.1, 0.15) is 11.1 Å². The minimum atomic E-state index is -4.41. The van der Waals surface area contributed by atoms with E-state index in [0.717, 1.165) is 17.7 Å². The van der Waals surface area contributed by atoms with Crippen LogP contribution in [0.4, 0.5) is 18.9 Å². The number of hydrogen-bond acceptors (Lipinski definition) is 6. The lowest BCUT2D eigenvalue weighted by atomic mass is 10.0. The zero-order valence-corrected chi connectivity index (χ0v) is 18.0. The van der Waals surface area contributed by atoms with E-state index in [9.17, 15) is 26.4 Å². The Balaban J connectivity index is 1.41. The normalized spacial score (nSPS) is 13.8. The number of nitrogens with zero attached hydrogens (tertiary/aromatic N) is 3. The maximum absolute atomic E-state index is 13.2. The van der Waals surface area contributed by atoms with Gasteiger partial charge in [-0.2, -0.15) is 21.6 Å². The zero-order chi connectivity index (χ0) is 24.1. The van der Waals surface area contributed by atoms with E-state index in [4.69, 9.17) is 0 Å². The maximum atomic E-state index is 13.2. The molecule has 0 aliphatic carbocycles. The second kappa shape index (κ2) is 7.83. The molecule has 0 bridgehead atoms. The molecule has 2 aromatic heterocycles. The minimum absolute atomic E-state index is 0.128. The molecule has 0 spiro atoms. The van der Waals surface area contributed by atoms with E-state index < -0.39 is 27.5 Å². The van der Waals surface area contributed by atoms with Gasteiger partial charge in [-0.05, 0) is 59.5 Å². The van der Waals surface area contributed by atoms with E-state index in [2.05, 4.69) is 19.6 Å². The van der Waals surface area contributed by atoms with Crippen molar-refractivity contribution in [3.05, 3.63) is 82.5 Å². The van der Waals surface area contributed by atoms with Crippen molar-refractivity contribution in [3.63, 3.8) is 0 Å². The van der Waals surface area contributed by atoms with Crippen LogP contribution in [0.25, 0.3) is 22.5 Å². The highest BCUT2D eigenvalue weighted by Gasteiger charge is 2.32. The van der Waals surface area contributed by atoms with Gasteiger partial charge in [0, 0.05) is 18.3 Å². The average Bonchev–Trinajstić information content (AvgIpc) is 3.45. The molecule has 4 aromatic rings. The Morgan fingerprint density at radius 1 is 0.971 bits per heavy atom. The molecule has 174 valence electrons. The van der Waals surface area contributed by atoms with Crippen molar-refractivity contribution in [3.8, 4) is 22.5 Å². The molecule has 0 fully saturated rings. The second-order valence-electron chi connectivity index (χ2n) is 7.57. The second-order valence-corrected chi connectivity index (χ2v) is 9.38. The molecule has 8 nitrogen and oxygen atoms in total. The molecule has 0 saturated carbocycles. The molecule has 0 amide bonds. The van der Waals surface area contributed by atoms with Gasteiger partial charge in [0.2, 0.25) is 0 Å². The summed E-state index contributed by atoms with van der Waals surface area (Å²) in [5.41, 5.74) is 2.19. The van der Waals surface area contributed by atoms with Crippen molar-refractivity contribution >= 4 is 15.7 Å². The van der Waals surface area contributed by atoms with E-state index in [1.807, 2.05) is 0 Å². The molecular formula is C22H15F3N4O4S. The first-order chi connectivity index (χ1) is 16.1. The third-order valence-electron chi connectivity index (χ3n) is 5.48.